The largest absolute Gasteiger partial charge is 0.491 e. The number of aromatic nitrogens is 3. The van der Waals surface area contributed by atoms with Gasteiger partial charge in [-0.25, -0.2) is 15.0 Å². The fourth-order valence-electron chi connectivity index (χ4n) is 2.64. The van der Waals surface area contributed by atoms with Crippen LogP contribution in [0.3, 0.4) is 0 Å². The Balaban J connectivity index is 1.82. The lowest BCUT2D eigenvalue weighted by molar-refractivity contribution is -0.119. The molecule has 0 saturated heterocycles. The monoisotopic (exact) mass is 385 g/mol. The van der Waals surface area contributed by atoms with Crippen molar-refractivity contribution in [2.24, 2.45) is 11.7 Å². The van der Waals surface area contributed by atoms with Gasteiger partial charge in [0.05, 0.1) is 25.7 Å². The van der Waals surface area contributed by atoms with Crippen LogP contribution in [-0.2, 0) is 4.79 Å². The summed E-state index contributed by atoms with van der Waals surface area (Å²) in [7, 11) is 4.88. The van der Waals surface area contributed by atoms with Gasteiger partial charge in [0.1, 0.15) is 11.4 Å². The molecule has 10 nitrogen and oxygen atoms in total. The van der Waals surface area contributed by atoms with Crippen LogP contribution in [0.15, 0.2) is 24.8 Å². The number of pyridine rings is 1. The Morgan fingerprint density at radius 2 is 2.04 bits per heavy atom. The van der Waals surface area contributed by atoms with Crippen LogP contribution in [0, 0.1) is 5.92 Å². The number of nitrogens with zero attached hydrogens (tertiary/aromatic N) is 4. The van der Waals surface area contributed by atoms with Gasteiger partial charge in [0, 0.05) is 26.2 Å². The normalized spacial score (nSPS) is 13.8. The van der Waals surface area contributed by atoms with Gasteiger partial charge in [-0.05, 0) is 12.8 Å². The molecule has 1 aliphatic rings. The van der Waals surface area contributed by atoms with E-state index in [-0.39, 0.29) is 23.4 Å². The van der Waals surface area contributed by atoms with E-state index < -0.39 is 0 Å². The molecule has 1 amide bonds. The first kappa shape index (κ1) is 19.2. The summed E-state index contributed by atoms with van der Waals surface area (Å²) in [6.07, 6.45) is 7.53. The minimum atomic E-state index is 0.0465. The van der Waals surface area contributed by atoms with Crippen LogP contribution in [0.4, 0.5) is 17.3 Å². The summed E-state index contributed by atoms with van der Waals surface area (Å²) < 4.78 is 11.2. The molecule has 0 aromatic carbocycles. The lowest BCUT2D eigenvalue weighted by Crippen LogP contribution is -2.28. The van der Waals surface area contributed by atoms with Crippen molar-refractivity contribution >= 4 is 29.0 Å². The number of ether oxygens (including phenoxy) is 2. The van der Waals surface area contributed by atoms with E-state index in [1.165, 1.54) is 36.8 Å². The van der Waals surface area contributed by atoms with E-state index in [1.807, 2.05) is 0 Å². The highest BCUT2D eigenvalue weighted by Gasteiger charge is 2.33. The zero-order chi connectivity index (χ0) is 20.3. The van der Waals surface area contributed by atoms with E-state index in [9.17, 15) is 4.79 Å². The first-order valence-electron chi connectivity index (χ1n) is 8.70. The molecule has 0 spiro atoms. The third kappa shape index (κ3) is 3.75. The third-order valence-electron chi connectivity index (χ3n) is 4.34. The summed E-state index contributed by atoms with van der Waals surface area (Å²) in [6.45, 7) is 0. The molecule has 1 saturated carbocycles. The van der Waals surface area contributed by atoms with E-state index in [2.05, 4.69) is 20.3 Å². The number of hydrogen-bond acceptors (Lipinski definition) is 9. The van der Waals surface area contributed by atoms with Gasteiger partial charge < -0.3 is 26.3 Å². The number of methoxy groups -OCH3 is 1. The maximum atomic E-state index is 12.1. The quantitative estimate of drug-likeness (QED) is 0.599. The van der Waals surface area contributed by atoms with Crippen LogP contribution in [0.1, 0.15) is 18.5 Å². The molecule has 148 valence electrons. The molecule has 2 aromatic heterocycles. The topological polar surface area (TPSA) is 142 Å². The SMILES string of the molecule is CNc1c(N)ncc(OC(=CN)c2cnc(N(C)C(=O)C3CC3)cn2)c1OC. The predicted octanol–water partition coefficient (Wildman–Crippen LogP) is 1.21. The summed E-state index contributed by atoms with van der Waals surface area (Å²) in [4.78, 5) is 26.3. The Kier molecular flexibility index (Phi) is 5.48. The number of anilines is 3. The third-order valence-corrected chi connectivity index (χ3v) is 4.34. The fourth-order valence-corrected chi connectivity index (χ4v) is 2.64. The van der Waals surface area contributed by atoms with E-state index in [0.29, 0.717) is 28.7 Å². The van der Waals surface area contributed by atoms with Crippen LogP contribution in [0.5, 0.6) is 11.5 Å². The van der Waals surface area contributed by atoms with Crippen LogP contribution in [0.2, 0.25) is 0 Å². The molecular weight excluding hydrogens is 362 g/mol. The van der Waals surface area contributed by atoms with Gasteiger partial charge >= 0.3 is 0 Å². The van der Waals surface area contributed by atoms with Crippen LogP contribution < -0.4 is 31.2 Å². The molecule has 1 aliphatic carbocycles. The van der Waals surface area contributed by atoms with Crippen LogP contribution >= 0.6 is 0 Å². The van der Waals surface area contributed by atoms with Crippen molar-refractivity contribution in [2.75, 3.05) is 37.2 Å². The summed E-state index contributed by atoms with van der Waals surface area (Å²) in [5.74, 6) is 1.82. The molecule has 10 heteroatoms. The summed E-state index contributed by atoms with van der Waals surface area (Å²) in [5, 5.41) is 2.92. The lowest BCUT2D eigenvalue weighted by Gasteiger charge is -2.17. The lowest BCUT2D eigenvalue weighted by atomic mass is 10.3. The zero-order valence-electron chi connectivity index (χ0n) is 16.0. The van der Waals surface area contributed by atoms with Crippen molar-refractivity contribution in [1.82, 2.24) is 15.0 Å². The number of amides is 1. The summed E-state index contributed by atoms with van der Waals surface area (Å²) >= 11 is 0. The molecular formula is C18H23N7O3. The van der Waals surface area contributed by atoms with Gasteiger partial charge in [-0.3, -0.25) is 9.69 Å². The number of nitrogens with one attached hydrogen (secondary N) is 1. The Bertz CT molecular complexity index is 895. The Morgan fingerprint density at radius 3 is 2.57 bits per heavy atom. The Hall–Kier alpha value is -3.56. The maximum absolute atomic E-state index is 12.1. The zero-order valence-corrected chi connectivity index (χ0v) is 16.0. The number of hydrogen-bond donors (Lipinski definition) is 3. The molecule has 3 rings (SSSR count). The fraction of sp³-hybridized carbons (Fsp3) is 0.333. The van der Waals surface area contributed by atoms with Crippen molar-refractivity contribution in [3.8, 4) is 11.5 Å². The molecule has 0 bridgehead atoms. The molecule has 5 N–H and O–H groups in total. The number of nitrogens with two attached hydrogens (primary N) is 2. The van der Waals surface area contributed by atoms with Gasteiger partial charge in [-0.1, -0.05) is 0 Å². The second-order valence-electron chi connectivity index (χ2n) is 6.23. The highest BCUT2D eigenvalue weighted by Crippen LogP contribution is 2.39. The highest BCUT2D eigenvalue weighted by atomic mass is 16.5. The molecule has 1 fully saturated rings. The number of carbonyl (C=O) groups excluding carboxylic acids is 1. The standard InChI is InChI=1S/C18H23N7O3/c1-21-15-16(27-3)13(8-24-17(15)20)28-12(6-19)11-7-23-14(9-22-11)25(2)18(26)10-4-5-10/h6-10,21H,4-5,19H2,1-3H3,(H2,20,24). The number of nitrogen functional groups attached to an aromatic ring is 1. The first-order valence-corrected chi connectivity index (χ1v) is 8.70. The Labute approximate surface area is 162 Å². The van der Waals surface area contributed by atoms with Gasteiger partial charge in [0.15, 0.2) is 28.9 Å². The second kappa shape index (κ2) is 7.99. The summed E-state index contributed by atoms with van der Waals surface area (Å²) in [6, 6.07) is 0. The van der Waals surface area contributed by atoms with Crippen molar-refractivity contribution in [3.05, 3.63) is 30.5 Å². The van der Waals surface area contributed by atoms with Gasteiger partial charge in [0.25, 0.3) is 0 Å². The first-order chi connectivity index (χ1) is 13.5. The number of carbonyl (C=O) groups is 1. The van der Waals surface area contributed by atoms with Crippen molar-refractivity contribution in [2.45, 2.75) is 12.8 Å². The second-order valence-corrected chi connectivity index (χ2v) is 6.23. The maximum Gasteiger partial charge on any atom is 0.231 e. The van der Waals surface area contributed by atoms with Crippen LogP contribution in [-0.4, -0.2) is 42.1 Å². The predicted molar refractivity (Wildman–Crippen MR) is 106 cm³/mol. The molecule has 0 aliphatic heterocycles. The Morgan fingerprint density at radius 1 is 1.29 bits per heavy atom. The van der Waals surface area contributed by atoms with Gasteiger partial charge in [-0.15, -0.1) is 0 Å². The molecule has 0 unspecified atom stereocenters. The summed E-state index contributed by atoms with van der Waals surface area (Å²) in [5.41, 5.74) is 12.5. The molecule has 0 radical (unpaired) electrons. The minimum absolute atomic E-state index is 0.0465. The van der Waals surface area contributed by atoms with Crippen molar-refractivity contribution < 1.29 is 14.3 Å². The van der Waals surface area contributed by atoms with Crippen molar-refractivity contribution in [1.29, 1.82) is 0 Å². The molecule has 0 atom stereocenters. The van der Waals surface area contributed by atoms with Crippen molar-refractivity contribution in [3.63, 3.8) is 0 Å². The van der Waals surface area contributed by atoms with E-state index in [0.717, 1.165) is 12.8 Å². The van der Waals surface area contributed by atoms with Gasteiger partial charge in [0.2, 0.25) is 5.91 Å². The smallest absolute Gasteiger partial charge is 0.231 e. The minimum Gasteiger partial charge on any atom is -0.491 e. The molecule has 2 aromatic rings. The van der Waals surface area contributed by atoms with E-state index in [1.54, 1.807) is 14.1 Å². The number of rotatable bonds is 7. The highest BCUT2D eigenvalue weighted by molar-refractivity contribution is 5.95. The van der Waals surface area contributed by atoms with Crippen LogP contribution in [0.25, 0.3) is 5.76 Å². The van der Waals surface area contributed by atoms with E-state index >= 15 is 0 Å². The molecule has 2 heterocycles. The average Bonchev–Trinajstić information content (AvgIpc) is 3.57. The van der Waals surface area contributed by atoms with E-state index in [4.69, 9.17) is 20.9 Å². The van der Waals surface area contributed by atoms with Gasteiger partial charge in [-0.2, -0.15) is 0 Å². The molecule has 28 heavy (non-hydrogen) atoms. The average molecular weight is 385 g/mol.